The van der Waals surface area contributed by atoms with Crippen LogP contribution in [0, 0.1) is 0 Å². The van der Waals surface area contributed by atoms with Crippen molar-refractivity contribution in [1.82, 2.24) is 0 Å². The van der Waals surface area contributed by atoms with E-state index >= 15 is 0 Å². The minimum Gasteiger partial charge on any atom is -0.379 e. The van der Waals surface area contributed by atoms with Gasteiger partial charge in [-0.1, -0.05) is 26.0 Å². The summed E-state index contributed by atoms with van der Waals surface area (Å²) in [6.07, 6.45) is 1.87. The maximum Gasteiger partial charge on any atom is 0.150 e. The van der Waals surface area contributed by atoms with Crippen molar-refractivity contribution >= 4 is 6.29 Å². The Morgan fingerprint density at radius 1 is 1.47 bits per heavy atom. The third-order valence-corrected chi connectivity index (χ3v) is 3.14. The molecule has 15 heavy (non-hydrogen) atoms. The zero-order chi connectivity index (χ0) is 10.9. The quantitative estimate of drug-likeness (QED) is 0.706. The fraction of sp³-hybridized carbons (Fsp3) is 0.462. The lowest BCUT2D eigenvalue weighted by atomic mass is 9.77. The fourth-order valence-electron chi connectivity index (χ4n) is 2.13. The van der Waals surface area contributed by atoms with Crippen molar-refractivity contribution in [2.24, 2.45) is 0 Å². The van der Waals surface area contributed by atoms with Crippen molar-refractivity contribution in [2.45, 2.75) is 25.7 Å². The maximum absolute atomic E-state index is 10.7. The Hall–Kier alpha value is -1.15. The number of carbonyl (C=O) groups excluding carboxylic acids is 1. The Morgan fingerprint density at radius 3 is 2.67 bits per heavy atom. The largest absolute Gasteiger partial charge is 0.379 e. The molecule has 1 aliphatic rings. The number of carbonyl (C=O) groups is 1. The Morgan fingerprint density at radius 2 is 2.20 bits per heavy atom. The van der Waals surface area contributed by atoms with E-state index in [1.165, 1.54) is 11.1 Å². The molecule has 0 atom stereocenters. The zero-order valence-electron chi connectivity index (χ0n) is 9.25. The second kappa shape index (κ2) is 3.78. The highest BCUT2D eigenvalue weighted by molar-refractivity contribution is 5.75. The Labute approximate surface area is 90.3 Å². The molecule has 0 amide bonds. The minimum atomic E-state index is 0.159. The average molecular weight is 204 g/mol. The third kappa shape index (κ3) is 1.70. The van der Waals surface area contributed by atoms with Crippen molar-refractivity contribution in [1.29, 1.82) is 0 Å². The number of benzene rings is 1. The second-order valence-corrected chi connectivity index (χ2v) is 4.44. The van der Waals surface area contributed by atoms with Gasteiger partial charge < -0.3 is 4.74 Å². The van der Waals surface area contributed by atoms with Gasteiger partial charge in [0, 0.05) is 11.0 Å². The molecule has 0 spiro atoms. The molecule has 1 aliphatic heterocycles. The smallest absolute Gasteiger partial charge is 0.150 e. The molecular formula is C13H16O2. The summed E-state index contributed by atoms with van der Waals surface area (Å²) in [5.74, 6) is 0. The van der Waals surface area contributed by atoms with E-state index in [4.69, 9.17) is 4.74 Å². The number of hydrogen-bond acceptors (Lipinski definition) is 2. The van der Waals surface area contributed by atoms with Gasteiger partial charge in [0.2, 0.25) is 0 Å². The van der Waals surface area contributed by atoms with E-state index in [-0.39, 0.29) is 5.41 Å². The van der Waals surface area contributed by atoms with Gasteiger partial charge in [0.1, 0.15) is 6.29 Å². The molecule has 0 saturated carbocycles. The predicted molar refractivity (Wildman–Crippen MR) is 59.4 cm³/mol. The lowest BCUT2D eigenvalue weighted by molar-refractivity contribution is -0.0503. The summed E-state index contributed by atoms with van der Waals surface area (Å²) in [6, 6.07) is 5.96. The highest BCUT2D eigenvalue weighted by Gasteiger charge is 2.36. The van der Waals surface area contributed by atoms with Crippen LogP contribution in [0.25, 0.3) is 0 Å². The van der Waals surface area contributed by atoms with Crippen molar-refractivity contribution < 1.29 is 9.53 Å². The molecule has 0 radical (unpaired) electrons. The minimum absolute atomic E-state index is 0.159. The monoisotopic (exact) mass is 204 g/mol. The van der Waals surface area contributed by atoms with Crippen molar-refractivity contribution in [2.75, 3.05) is 13.2 Å². The molecule has 1 aromatic rings. The molecule has 1 fully saturated rings. The highest BCUT2D eigenvalue weighted by Crippen LogP contribution is 2.34. The standard InChI is InChI=1S/C13H16O2/c1-3-11-6-10(7-14)4-5-12(11)13(2)8-15-9-13/h4-7H,3,8-9H2,1-2H3. The van der Waals surface area contributed by atoms with Crippen LogP contribution in [0.15, 0.2) is 18.2 Å². The van der Waals surface area contributed by atoms with Gasteiger partial charge in [-0.15, -0.1) is 0 Å². The van der Waals surface area contributed by atoms with Crippen LogP contribution in [0.5, 0.6) is 0 Å². The molecule has 2 nitrogen and oxygen atoms in total. The van der Waals surface area contributed by atoms with Gasteiger partial charge in [-0.25, -0.2) is 0 Å². The van der Waals surface area contributed by atoms with Gasteiger partial charge >= 0.3 is 0 Å². The third-order valence-electron chi connectivity index (χ3n) is 3.14. The fourth-order valence-corrected chi connectivity index (χ4v) is 2.13. The van der Waals surface area contributed by atoms with Crippen LogP contribution < -0.4 is 0 Å². The van der Waals surface area contributed by atoms with Crippen LogP contribution in [0.2, 0.25) is 0 Å². The van der Waals surface area contributed by atoms with Crippen LogP contribution in [0.3, 0.4) is 0 Å². The van der Waals surface area contributed by atoms with E-state index in [2.05, 4.69) is 19.9 Å². The molecule has 80 valence electrons. The van der Waals surface area contributed by atoms with Crippen LogP contribution in [-0.2, 0) is 16.6 Å². The number of aldehydes is 1. The van der Waals surface area contributed by atoms with Gasteiger partial charge in [0.05, 0.1) is 13.2 Å². The Balaban J connectivity index is 2.42. The molecule has 0 aromatic heterocycles. The van der Waals surface area contributed by atoms with Crippen LogP contribution >= 0.6 is 0 Å². The molecule has 0 unspecified atom stereocenters. The Bertz CT molecular complexity index is 378. The van der Waals surface area contributed by atoms with Gasteiger partial charge in [0.25, 0.3) is 0 Å². The normalized spacial score (nSPS) is 18.3. The van der Waals surface area contributed by atoms with E-state index in [1.807, 2.05) is 12.1 Å². The van der Waals surface area contributed by atoms with E-state index < -0.39 is 0 Å². The molecule has 0 aliphatic carbocycles. The first kappa shape index (κ1) is 10.4. The predicted octanol–water partition coefficient (Wildman–Crippen LogP) is 2.35. The topological polar surface area (TPSA) is 26.3 Å². The number of ether oxygens (including phenoxy) is 1. The summed E-state index contributed by atoms with van der Waals surface area (Å²) in [4.78, 5) is 10.7. The molecule has 0 bridgehead atoms. The lowest BCUT2D eigenvalue weighted by Crippen LogP contribution is -2.44. The van der Waals surface area contributed by atoms with Crippen molar-refractivity contribution in [3.05, 3.63) is 34.9 Å². The first-order valence-electron chi connectivity index (χ1n) is 5.36. The van der Waals surface area contributed by atoms with E-state index in [1.54, 1.807) is 0 Å². The molecule has 0 N–H and O–H groups in total. The van der Waals surface area contributed by atoms with Gasteiger partial charge in [-0.3, -0.25) is 4.79 Å². The van der Waals surface area contributed by atoms with Crippen LogP contribution in [0.4, 0.5) is 0 Å². The second-order valence-electron chi connectivity index (χ2n) is 4.44. The summed E-state index contributed by atoms with van der Waals surface area (Å²) >= 11 is 0. The van der Waals surface area contributed by atoms with Crippen molar-refractivity contribution in [3.8, 4) is 0 Å². The van der Waals surface area contributed by atoms with Gasteiger partial charge in [-0.2, -0.15) is 0 Å². The van der Waals surface area contributed by atoms with Gasteiger partial charge in [0.15, 0.2) is 0 Å². The van der Waals surface area contributed by atoms with E-state index in [9.17, 15) is 4.79 Å². The SMILES string of the molecule is CCc1cc(C=O)ccc1C1(C)COC1. The highest BCUT2D eigenvalue weighted by atomic mass is 16.5. The summed E-state index contributed by atoms with van der Waals surface area (Å²) in [5.41, 5.74) is 3.53. The Kier molecular flexibility index (Phi) is 2.61. The average Bonchev–Trinajstić information content (AvgIpc) is 2.25. The molecule has 1 aromatic carbocycles. The maximum atomic E-state index is 10.7. The summed E-state index contributed by atoms with van der Waals surface area (Å²) in [5, 5.41) is 0. The van der Waals surface area contributed by atoms with Crippen LogP contribution in [-0.4, -0.2) is 19.5 Å². The number of hydrogen-bond donors (Lipinski definition) is 0. The molecule has 2 heteroatoms. The lowest BCUT2D eigenvalue weighted by Gasteiger charge is -2.39. The van der Waals surface area contributed by atoms with Gasteiger partial charge in [-0.05, 0) is 23.6 Å². The number of rotatable bonds is 3. The van der Waals surface area contributed by atoms with Crippen LogP contribution in [0.1, 0.15) is 35.3 Å². The molecular weight excluding hydrogens is 188 g/mol. The first-order valence-corrected chi connectivity index (χ1v) is 5.36. The molecule has 2 rings (SSSR count). The molecule has 1 heterocycles. The first-order chi connectivity index (χ1) is 7.19. The number of aryl methyl sites for hydroxylation is 1. The summed E-state index contributed by atoms with van der Waals surface area (Å²) in [6.45, 7) is 5.92. The molecule has 1 saturated heterocycles. The summed E-state index contributed by atoms with van der Waals surface area (Å²) < 4.78 is 5.28. The van der Waals surface area contributed by atoms with Crippen molar-refractivity contribution in [3.63, 3.8) is 0 Å². The zero-order valence-corrected chi connectivity index (χ0v) is 9.25. The van der Waals surface area contributed by atoms with E-state index in [0.717, 1.165) is 31.5 Å². The summed E-state index contributed by atoms with van der Waals surface area (Å²) in [7, 11) is 0. The van der Waals surface area contributed by atoms with E-state index in [0.29, 0.717) is 0 Å².